The van der Waals surface area contributed by atoms with E-state index in [1.165, 1.54) is 0 Å². The third-order valence-corrected chi connectivity index (χ3v) is 5.78. The second-order valence-corrected chi connectivity index (χ2v) is 8.11. The number of benzene rings is 3. The fourth-order valence-corrected chi connectivity index (χ4v) is 4.37. The molecule has 0 spiro atoms. The second kappa shape index (κ2) is 8.69. The summed E-state index contributed by atoms with van der Waals surface area (Å²) in [6, 6.07) is 12.1. The number of carbonyl (C=O) groups is 1. The predicted molar refractivity (Wildman–Crippen MR) is 120 cm³/mol. The monoisotopic (exact) mass is 420 g/mol. The first-order chi connectivity index (χ1) is 14.9. The van der Waals surface area contributed by atoms with Gasteiger partial charge in [-0.1, -0.05) is 30.3 Å². The zero-order valence-electron chi connectivity index (χ0n) is 18.7. The molecule has 162 valence electrons. The molecule has 1 aliphatic heterocycles. The van der Waals surface area contributed by atoms with Gasteiger partial charge in [-0.05, 0) is 66.8 Å². The minimum atomic E-state index is -0.328. The van der Waals surface area contributed by atoms with Gasteiger partial charge in [-0.2, -0.15) is 0 Å². The summed E-state index contributed by atoms with van der Waals surface area (Å²) in [6.07, 6.45) is -0.221. The average molecular weight is 421 g/mol. The van der Waals surface area contributed by atoms with Gasteiger partial charge in [0.2, 0.25) is 0 Å². The highest BCUT2D eigenvalue weighted by atomic mass is 16.7. The van der Waals surface area contributed by atoms with Crippen LogP contribution in [0.25, 0.3) is 21.9 Å². The molecular formula is C26H28O5. The Labute approximate surface area is 182 Å². The molecule has 0 aliphatic carbocycles. The maximum atomic E-state index is 13.4. The van der Waals surface area contributed by atoms with E-state index in [0.717, 1.165) is 44.2 Å². The predicted octanol–water partition coefficient (Wildman–Crippen LogP) is 5.70. The van der Waals surface area contributed by atoms with Crippen molar-refractivity contribution in [3.63, 3.8) is 0 Å². The molecule has 0 bridgehead atoms. The van der Waals surface area contributed by atoms with Crippen LogP contribution in [0.15, 0.2) is 36.4 Å². The molecule has 0 amide bonds. The summed E-state index contributed by atoms with van der Waals surface area (Å²) in [5.41, 5.74) is 6.44. The molecule has 0 radical (unpaired) electrons. The number of methoxy groups -OCH3 is 1. The van der Waals surface area contributed by atoms with Gasteiger partial charge in [0.05, 0.1) is 24.9 Å². The summed E-state index contributed by atoms with van der Waals surface area (Å²) in [6.45, 7) is 8.91. The van der Waals surface area contributed by atoms with Gasteiger partial charge in [0.25, 0.3) is 0 Å². The fraction of sp³-hybridized carbons (Fsp3) is 0.346. The van der Waals surface area contributed by atoms with Crippen molar-refractivity contribution in [2.75, 3.05) is 13.9 Å². The lowest BCUT2D eigenvalue weighted by Crippen LogP contribution is -2.16. The summed E-state index contributed by atoms with van der Waals surface area (Å²) in [4.78, 5) is 13.4. The quantitative estimate of drug-likeness (QED) is 0.378. The summed E-state index contributed by atoms with van der Waals surface area (Å²) in [7, 11) is 1.59. The normalized spacial score (nSPS) is 13.0. The van der Waals surface area contributed by atoms with E-state index in [1.54, 1.807) is 7.11 Å². The van der Waals surface area contributed by atoms with E-state index in [4.69, 9.17) is 18.9 Å². The third-order valence-electron chi connectivity index (χ3n) is 5.78. The van der Waals surface area contributed by atoms with Gasteiger partial charge in [0, 0.05) is 18.2 Å². The molecule has 1 aliphatic rings. The number of ether oxygens (including phenoxy) is 4. The van der Waals surface area contributed by atoms with Gasteiger partial charge in [0.1, 0.15) is 5.75 Å². The Balaban J connectivity index is 2.10. The molecule has 31 heavy (non-hydrogen) atoms. The topological polar surface area (TPSA) is 54.0 Å². The second-order valence-electron chi connectivity index (χ2n) is 8.11. The van der Waals surface area contributed by atoms with Crippen molar-refractivity contribution in [3.8, 4) is 16.9 Å². The number of rotatable bonds is 6. The fourth-order valence-electron chi connectivity index (χ4n) is 4.37. The van der Waals surface area contributed by atoms with Gasteiger partial charge < -0.3 is 18.9 Å². The summed E-state index contributed by atoms with van der Waals surface area (Å²) >= 11 is 0. The van der Waals surface area contributed by atoms with Crippen LogP contribution in [0, 0.1) is 13.8 Å². The standard InChI is InChI=1S/C26H28O5/c1-15(2)31-26(27)24-17(4)21-13-29-12-20(21)16(3)23(24)25-19-9-7-6-8-18(19)10-11-22(25)30-14-28-5/h6-11,15H,12-14H2,1-5H3. The Kier molecular flexibility index (Phi) is 5.99. The van der Waals surface area contributed by atoms with Crippen molar-refractivity contribution < 1.29 is 23.7 Å². The van der Waals surface area contributed by atoms with Crippen LogP contribution in [0.5, 0.6) is 5.75 Å². The lowest BCUT2D eigenvalue weighted by Gasteiger charge is -2.23. The number of esters is 1. The first-order valence-corrected chi connectivity index (χ1v) is 10.5. The molecule has 5 nitrogen and oxygen atoms in total. The third kappa shape index (κ3) is 3.80. The molecule has 0 saturated carbocycles. The van der Waals surface area contributed by atoms with E-state index in [9.17, 15) is 4.79 Å². The van der Waals surface area contributed by atoms with Crippen LogP contribution in [-0.2, 0) is 27.4 Å². The molecule has 0 atom stereocenters. The van der Waals surface area contributed by atoms with Crippen molar-refractivity contribution >= 4 is 16.7 Å². The maximum absolute atomic E-state index is 13.4. The van der Waals surface area contributed by atoms with E-state index >= 15 is 0 Å². The Hall–Kier alpha value is -2.89. The highest BCUT2D eigenvalue weighted by Crippen LogP contribution is 2.45. The molecule has 3 aromatic rings. The lowest BCUT2D eigenvalue weighted by atomic mass is 9.83. The molecule has 0 fully saturated rings. The smallest absolute Gasteiger partial charge is 0.339 e. The van der Waals surface area contributed by atoms with Gasteiger partial charge >= 0.3 is 5.97 Å². The first kappa shape index (κ1) is 21.3. The molecule has 0 saturated heterocycles. The molecule has 0 unspecified atom stereocenters. The minimum absolute atomic E-state index is 0.114. The molecule has 1 heterocycles. The van der Waals surface area contributed by atoms with Crippen LogP contribution in [0.4, 0.5) is 0 Å². The van der Waals surface area contributed by atoms with E-state index in [0.29, 0.717) is 24.5 Å². The first-order valence-electron chi connectivity index (χ1n) is 10.5. The largest absolute Gasteiger partial charge is 0.467 e. The number of carbonyl (C=O) groups excluding carboxylic acids is 1. The maximum Gasteiger partial charge on any atom is 0.339 e. The summed E-state index contributed by atoms with van der Waals surface area (Å²) < 4.78 is 22.6. The van der Waals surface area contributed by atoms with Gasteiger partial charge in [0.15, 0.2) is 6.79 Å². The number of hydrogen-bond acceptors (Lipinski definition) is 5. The average Bonchev–Trinajstić information content (AvgIpc) is 3.24. The van der Waals surface area contributed by atoms with Crippen LogP contribution in [0.2, 0.25) is 0 Å². The minimum Gasteiger partial charge on any atom is -0.467 e. The molecule has 5 heteroatoms. The van der Waals surface area contributed by atoms with E-state index < -0.39 is 0 Å². The van der Waals surface area contributed by atoms with Crippen LogP contribution in [0.3, 0.4) is 0 Å². The van der Waals surface area contributed by atoms with Crippen LogP contribution in [0.1, 0.15) is 46.5 Å². The van der Waals surface area contributed by atoms with Crippen molar-refractivity contribution in [3.05, 3.63) is 64.2 Å². The van der Waals surface area contributed by atoms with Crippen molar-refractivity contribution in [1.82, 2.24) is 0 Å². The highest BCUT2D eigenvalue weighted by Gasteiger charge is 2.30. The molecular weight excluding hydrogens is 392 g/mol. The van der Waals surface area contributed by atoms with Crippen molar-refractivity contribution in [1.29, 1.82) is 0 Å². The SMILES string of the molecule is COCOc1ccc2ccccc2c1-c1c(C)c2c(c(C)c1C(=O)OC(C)C)COC2. The van der Waals surface area contributed by atoms with E-state index in [2.05, 4.69) is 19.1 Å². The van der Waals surface area contributed by atoms with E-state index in [1.807, 2.05) is 45.0 Å². The highest BCUT2D eigenvalue weighted by molar-refractivity contribution is 6.08. The summed E-state index contributed by atoms with van der Waals surface area (Å²) in [5.74, 6) is 0.339. The Morgan fingerprint density at radius 3 is 2.42 bits per heavy atom. The zero-order chi connectivity index (χ0) is 22.1. The Morgan fingerprint density at radius 1 is 1.00 bits per heavy atom. The van der Waals surface area contributed by atoms with Crippen LogP contribution >= 0.6 is 0 Å². The number of fused-ring (bicyclic) bond motifs is 2. The van der Waals surface area contributed by atoms with Crippen LogP contribution in [-0.4, -0.2) is 26.0 Å². The van der Waals surface area contributed by atoms with Gasteiger partial charge in [-0.3, -0.25) is 0 Å². The number of hydrogen-bond donors (Lipinski definition) is 0. The molecule has 3 aromatic carbocycles. The Bertz CT molecular complexity index is 1150. The van der Waals surface area contributed by atoms with Gasteiger partial charge in [-0.15, -0.1) is 0 Å². The van der Waals surface area contributed by atoms with Crippen molar-refractivity contribution in [2.24, 2.45) is 0 Å². The summed E-state index contributed by atoms with van der Waals surface area (Å²) in [5, 5.41) is 2.08. The van der Waals surface area contributed by atoms with Crippen molar-refractivity contribution in [2.45, 2.75) is 47.0 Å². The Morgan fingerprint density at radius 2 is 1.71 bits per heavy atom. The molecule has 0 N–H and O–H groups in total. The zero-order valence-corrected chi connectivity index (χ0v) is 18.7. The van der Waals surface area contributed by atoms with Crippen LogP contribution < -0.4 is 4.74 Å². The lowest BCUT2D eigenvalue weighted by molar-refractivity contribution is 0.0377. The molecule has 4 rings (SSSR count). The molecule has 0 aromatic heterocycles. The van der Waals surface area contributed by atoms with Gasteiger partial charge in [-0.25, -0.2) is 4.79 Å². The van der Waals surface area contributed by atoms with E-state index in [-0.39, 0.29) is 18.9 Å².